The van der Waals surface area contributed by atoms with Crippen molar-refractivity contribution < 1.29 is 9.18 Å². The number of thioether (sulfide) groups is 1. The zero-order valence-corrected chi connectivity index (χ0v) is 14.9. The number of carbonyl (C=O) groups is 1. The zero-order valence-electron chi connectivity index (χ0n) is 13.3. The standard InChI is InChI=1S/C19H15FN2OS2/c20-14-7-3-4-8-15(14)24-11-17(23)21-19-22-18-13-6-2-1-5-12(13)9-10-16(18)25-19/h1-8H,9-11H2,(H,21,22,23). The van der Waals surface area contributed by atoms with Crippen LogP contribution in [0.15, 0.2) is 53.4 Å². The molecule has 1 aliphatic carbocycles. The van der Waals surface area contributed by atoms with E-state index in [1.807, 2.05) is 12.1 Å². The molecule has 0 spiro atoms. The second-order valence-corrected chi connectivity index (χ2v) is 7.82. The lowest BCUT2D eigenvalue weighted by molar-refractivity contribution is -0.113. The van der Waals surface area contributed by atoms with Gasteiger partial charge in [-0.1, -0.05) is 36.4 Å². The highest BCUT2D eigenvalue weighted by atomic mass is 32.2. The summed E-state index contributed by atoms with van der Waals surface area (Å²) in [5.41, 5.74) is 3.43. The van der Waals surface area contributed by atoms with Gasteiger partial charge >= 0.3 is 0 Å². The largest absolute Gasteiger partial charge is 0.301 e. The Morgan fingerprint density at radius 1 is 1.16 bits per heavy atom. The average molecular weight is 370 g/mol. The molecule has 0 saturated carbocycles. The third-order valence-electron chi connectivity index (χ3n) is 4.03. The normalized spacial score (nSPS) is 12.4. The van der Waals surface area contributed by atoms with Crippen molar-refractivity contribution in [3.05, 3.63) is 64.8 Å². The number of anilines is 1. The lowest BCUT2D eigenvalue weighted by Gasteiger charge is -2.13. The van der Waals surface area contributed by atoms with E-state index in [9.17, 15) is 9.18 Å². The minimum atomic E-state index is -0.304. The molecule has 0 aliphatic heterocycles. The first kappa shape index (κ1) is 16.3. The zero-order chi connectivity index (χ0) is 17.2. The van der Waals surface area contributed by atoms with Crippen molar-refractivity contribution in [1.29, 1.82) is 0 Å². The molecule has 25 heavy (non-hydrogen) atoms. The summed E-state index contributed by atoms with van der Waals surface area (Å²) in [6.07, 6.45) is 1.95. The highest BCUT2D eigenvalue weighted by Gasteiger charge is 2.21. The fraction of sp³-hybridized carbons (Fsp3) is 0.158. The third-order valence-corrected chi connectivity index (χ3v) is 6.11. The Morgan fingerprint density at radius 3 is 2.84 bits per heavy atom. The maximum absolute atomic E-state index is 13.6. The quantitative estimate of drug-likeness (QED) is 0.672. The van der Waals surface area contributed by atoms with E-state index in [1.54, 1.807) is 18.2 Å². The molecule has 6 heteroatoms. The second kappa shape index (κ2) is 6.98. The number of benzene rings is 2. The van der Waals surface area contributed by atoms with Gasteiger partial charge in [-0.15, -0.1) is 23.1 Å². The Hall–Kier alpha value is -2.18. The first-order chi connectivity index (χ1) is 12.2. The highest BCUT2D eigenvalue weighted by Crippen LogP contribution is 2.38. The molecule has 0 bridgehead atoms. The van der Waals surface area contributed by atoms with Crippen molar-refractivity contribution in [2.24, 2.45) is 0 Å². The van der Waals surface area contributed by atoms with Crippen molar-refractivity contribution in [1.82, 2.24) is 4.98 Å². The van der Waals surface area contributed by atoms with E-state index >= 15 is 0 Å². The van der Waals surface area contributed by atoms with Crippen LogP contribution in [0.1, 0.15) is 10.4 Å². The maximum Gasteiger partial charge on any atom is 0.236 e. The van der Waals surface area contributed by atoms with Crippen LogP contribution in [-0.2, 0) is 17.6 Å². The van der Waals surface area contributed by atoms with Crippen molar-refractivity contribution >= 4 is 34.1 Å². The van der Waals surface area contributed by atoms with E-state index in [0.29, 0.717) is 10.0 Å². The lowest BCUT2D eigenvalue weighted by Crippen LogP contribution is -2.13. The summed E-state index contributed by atoms with van der Waals surface area (Å²) in [4.78, 5) is 18.5. The Morgan fingerprint density at radius 2 is 1.96 bits per heavy atom. The summed E-state index contributed by atoms with van der Waals surface area (Å²) in [6, 6.07) is 14.7. The molecule has 1 aromatic heterocycles. The van der Waals surface area contributed by atoms with Gasteiger partial charge in [-0.25, -0.2) is 9.37 Å². The molecule has 0 fully saturated rings. The summed E-state index contributed by atoms with van der Waals surface area (Å²) in [5.74, 6) is -0.323. The Kier molecular flexibility index (Phi) is 4.55. The Labute approximate surface area is 153 Å². The number of aromatic nitrogens is 1. The number of carbonyl (C=O) groups excluding carboxylic acids is 1. The van der Waals surface area contributed by atoms with Gasteiger partial charge in [0.1, 0.15) is 5.82 Å². The molecule has 1 heterocycles. The van der Waals surface area contributed by atoms with E-state index in [0.717, 1.165) is 24.1 Å². The maximum atomic E-state index is 13.6. The molecule has 0 saturated heterocycles. The molecule has 1 aliphatic rings. The molecule has 3 nitrogen and oxygen atoms in total. The first-order valence-electron chi connectivity index (χ1n) is 7.96. The summed E-state index contributed by atoms with van der Waals surface area (Å²) in [5, 5.41) is 3.46. The van der Waals surface area contributed by atoms with Gasteiger partial charge in [0.2, 0.25) is 5.91 Å². The minimum absolute atomic E-state index is 0.155. The molecule has 126 valence electrons. The topological polar surface area (TPSA) is 42.0 Å². The number of nitrogens with one attached hydrogen (secondary N) is 1. The lowest BCUT2D eigenvalue weighted by atomic mass is 9.94. The van der Waals surface area contributed by atoms with Crippen molar-refractivity contribution in [2.75, 3.05) is 11.1 Å². The molecular weight excluding hydrogens is 355 g/mol. The third kappa shape index (κ3) is 3.45. The van der Waals surface area contributed by atoms with Crippen LogP contribution in [0.2, 0.25) is 0 Å². The van der Waals surface area contributed by atoms with Crippen LogP contribution in [0.4, 0.5) is 9.52 Å². The van der Waals surface area contributed by atoms with Gasteiger partial charge in [0.25, 0.3) is 0 Å². The van der Waals surface area contributed by atoms with Gasteiger partial charge in [-0.05, 0) is 30.5 Å². The van der Waals surface area contributed by atoms with Crippen molar-refractivity contribution in [3.8, 4) is 11.3 Å². The van der Waals surface area contributed by atoms with Crippen LogP contribution in [0.5, 0.6) is 0 Å². The number of amides is 1. The van der Waals surface area contributed by atoms with E-state index in [1.165, 1.54) is 39.6 Å². The van der Waals surface area contributed by atoms with Crippen LogP contribution in [-0.4, -0.2) is 16.6 Å². The second-order valence-electron chi connectivity index (χ2n) is 5.72. The molecule has 3 aromatic rings. The number of nitrogens with zero attached hydrogens (tertiary/aromatic N) is 1. The SMILES string of the molecule is O=C(CSc1ccccc1F)Nc1nc2c(s1)CCc1ccccc1-2. The van der Waals surface area contributed by atoms with Gasteiger partial charge in [-0.3, -0.25) is 4.79 Å². The number of thiazole rings is 1. The van der Waals surface area contributed by atoms with Gasteiger partial charge in [-0.2, -0.15) is 0 Å². The van der Waals surface area contributed by atoms with E-state index in [4.69, 9.17) is 0 Å². The summed E-state index contributed by atoms with van der Waals surface area (Å²) >= 11 is 2.71. The molecule has 0 atom stereocenters. The van der Waals surface area contributed by atoms with Crippen molar-refractivity contribution in [3.63, 3.8) is 0 Å². The van der Waals surface area contributed by atoms with Gasteiger partial charge in [0.15, 0.2) is 5.13 Å². The van der Waals surface area contributed by atoms with Crippen LogP contribution in [0.3, 0.4) is 0 Å². The molecule has 0 unspecified atom stereocenters. The van der Waals surface area contributed by atoms with Gasteiger partial charge in [0.05, 0.1) is 11.4 Å². The number of halogens is 1. The van der Waals surface area contributed by atoms with E-state index in [2.05, 4.69) is 22.4 Å². The monoisotopic (exact) mass is 370 g/mol. The molecule has 1 N–H and O–H groups in total. The van der Waals surface area contributed by atoms with Gasteiger partial charge < -0.3 is 5.32 Å². The Bertz CT molecular complexity index is 939. The summed E-state index contributed by atoms with van der Waals surface area (Å²) < 4.78 is 13.6. The molecular formula is C19H15FN2OS2. The highest BCUT2D eigenvalue weighted by molar-refractivity contribution is 8.00. The van der Waals surface area contributed by atoms with Crippen molar-refractivity contribution in [2.45, 2.75) is 17.7 Å². The molecule has 1 amide bonds. The molecule has 4 rings (SSSR count). The molecule has 2 aromatic carbocycles. The van der Waals surface area contributed by atoms with Crippen LogP contribution in [0.25, 0.3) is 11.3 Å². The summed E-state index contributed by atoms with van der Waals surface area (Å²) in [7, 11) is 0. The fourth-order valence-corrected chi connectivity index (χ4v) is 4.59. The predicted molar refractivity (Wildman–Crippen MR) is 101 cm³/mol. The number of rotatable bonds is 4. The number of hydrogen-bond donors (Lipinski definition) is 1. The van der Waals surface area contributed by atoms with Gasteiger partial charge in [0, 0.05) is 15.3 Å². The Balaban J connectivity index is 1.45. The summed E-state index contributed by atoms with van der Waals surface area (Å²) in [6.45, 7) is 0. The van der Waals surface area contributed by atoms with E-state index in [-0.39, 0.29) is 17.5 Å². The minimum Gasteiger partial charge on any atom is -0.301 e. The fourth-order valence-electron chi connectivity index (χ4n) is 2.86. The van der Waals surface area contributed by atoms with Crippen LogP contribution >= 0.6 is 23.1 Å². The molecule has 0 radical (unpaired) electrons. The smallest absolute Gasteiger partial charge is 0.236 e. The van der Waals surface area contributed by atoms with Crippen LogP contribution in [0, 0.1) is 5.82 Å². The number of fused-ring (bicyclic) bond motifs is 3. The average Bonchev–Trinajstić information content (AvgIpc) is 3.04. The van der Waals surface area contributed by atoms with E-state index < -0.39 is 0 Å². The predicted octanol–water partition coefficient (Wildman–Crippen LogP) is 4.78. The number of hydrogen-bond acceptors (Lipinski definition) is 4. The first-order valence-corrected chi connectivity index (χ1v) is 9.76. The van der Waals surface area contributed by atoms with Crippen LogP contribution < -0.4 is 5.32 Å². The number of aryl methyl sites for hydroxylation is 2.